The second kappa shape index (κ2) is 4.96. The quantitative estimate of drug-likeness (QED) is 0.662. The van der Waals surface area contributed by atoms with Crippen molar-refractivity contribution in [3.63, 3.8) is 0 Å². The topological polar surface area (TPSA) is 73.0 Å². The Hall–Kier alpha value is -1.59. The molecule has 0 spiro atoms. The number of nitrogens with one attached hydrogen (secondary N) is 1. The molecule has 0 aliphatic heterocycles. The monoisotopic (exact) mass is 254 g/mol. The SMILES string of the molecule is CCc1nn(C)c(NC(C)C(C)(C)C)c1[N+](=O)[O-]. The molecule has 102 valence electrons. The average Bonchev–Trinajstić information content (AvgIpc) is 2.54. The van der Waals surface area contributed by atoms with Crippen LogP contribution in [0.15, 0.2) is 0 Å². The van der Waals surface area contributed by atoms with Crippen molar-refractivity contribution in [2.75, 3.05) is 5.32 Å². The average molecular weight is 254 g/mol. The maximum atomic E-state index is 11.2. The Morgan fingerprint density at radius 3 is 2.44 bits per heavy atom. The highest BCUT2D eigenvalue weighted by atomic mass is 16.6. The van der Waals surface area contributed by atoms with Gasteiger partial charge in [-0.15, -0.1) is 0 Å². The van der Waals surface area contributed by atoms with Gasteiger partial charge in [0, 0.05) is 13.1 Å². The summed E-state index contributed by atoms with van der Waals surface area (Å²) in [5.74, 6) is 0.485. The molecule has 1 aromatic heterocycles. The summed E-state index contributed by atoms with van der Waals surface area (Å²) in [6.07, 6.45) is 0.551. The van der Waals surface area contributed by atoms with E-state index in [0.29, 0.717) is 17.9 Å². The molecule has 0 bridgehead atoms. The van der Waals surface area contributed by atoms with Gasteiger partial charge in [0.1, 0.15) is 5.69 Å². The maximum absolute atomic E-state index is 11.2. The number of hydrogen-bond donors (Lipinski definition) is 1. The van der Waals surface area contributed by atoms with Crippen molar-refractivity contribution in [1.82, 2.24) is 9.78 Å². The van der Waals surface area contributed by atoms with Crippen molar-refractivity contribution >= 4 is 11.5 Å². The zero-order valence-electron chi connectivity index (χ0n) is 11.9. The van der Waals surface area contributed by atoms with Crippen LogP contribution in [0.2, 0.25) is 0 Å². The highest BCUT2D eigenvalue weighted by molar-refractivity contribution is 5.60. The van der Waals surface area contributed by atoms with Gasteiger partial charge in [0.05, 0.1) is 4.92 Å². The van der Waals surface area contributed by atoms with Gasteiger partial charge >= 0.3 is 5.69 Å². The van der Waals surface area contributed by atoms with E-state index in [1.807, 2.05) is 13.8 Å². The molecule has 0 aliphatic rings. The van der Waals surface area contributed by atoms with Crippen LogP contribution in [-0.2, 0) is 13.5 Å². The Labute approximate surface area is 108 Å². The second-order valence-corrected chi connectivity index (χ2v) is 5.61. The first kappa shape index (κ1) is 14.5. The molecule has 1 unspecified atom stereocenters. The second-order valence-electron chi connectivity index (χ2n) is 5.61. The summed E-state index contributed by atoms with van der Waals surface area (Å²) in [4.78, 5) is 10.8. The lowest BCUT2D eigenvalue weighted by molar-refractivity contribution is -0.384. The molecule has 0 aromatic carbocycles. The van der Waals surface area contributed by atoms with Crippen LogP contribution in [0.5, 0.6) is 0 Å². The van der Waals surface area contributed by atoms with Crippen molar-refractivity contribution < 1.29 is 4.92 Å². The minimum absolute atomic E-state index is 0.0184. The van der Waals surface area contributed by atoms with E-state index in [0.717, 1.165) is 0 Å². The Kier molecular flexibility index (Phi) is 3.98. The smallest absolute Gasteiger partial charge is 0.333 e. The van der Waals surface area contributed by atoms with Gasteiger partial charge in [0.25, 0.3) is 0 Å². The molecule has 0 fully saturated rings. The molecule has 0 saturated carbocycles. The summed E-state index contributed by atoms with van der Waals surface area (Å²) in [5.41, 5.74) is 0.632. The van der Waals surface area contributed by atoms with Crippen LogP contribution in [0.4, 0.5) is 11.5 Å². The first-order chi connectivity index (χ1) is 8.18. The standard InChI is InChI=1S/C12H22N4O2/c1-7-9-10(16(17)18)11(15(6)14-9)13-8(2)12(3,4)5/h8,13H,7H2,1-6H3. The molecule has 0 saturated heterocycles. The molecule has 0 amide bonds. The van der Waals surface area contributed by atoms with E-state index in [4.69, 9.17) is 0 Å². The lowest BCUT2D eigenvalue weighted by Gasteiger charge is -2.28. The van der Waals surface area contributed by atoms with Crippen LogP contribution >= 0.6 is 0 Å². The van der Waals surface area contributed by atoms with Crippen molar-refractivity contribution in [1.29, 1.82) is 0 Å². The fraction of sp³-hybridized carbons (Fsp3) is 0.750. The minimum Gasteiger partial charge on any atom is -0.362 e. The van der Waals surface area contributed by atoms with Gasteiger partial charge in [-0.1, -0.05) is 27.7 Å². The number of nitro groups is 1. The number of nitrogens with zero attached hydrogens (tertiary/aromatic N) is 3. The summed E-state index contributed by atoms with van der Waals surface area (Å²) in [5, 5.41) is 18.6. The molecule has 1 heterocycles. The molecular weight excluding hydrogens is 232 g/mol. The third-order valence-corrected chi connectivity index (χ3v) is 3.26. The van der Waals surface area contributed by atoms with Crippen LogP contribution in [0.1, 0.15) is 40.3 Å². The van der Waals surface area contributed by atoms with E-state index in [2.05, 4.69) is 31.2 Å². The summed E-state index contributed by atoms with van der Waals surface area (Å²) in [7, 11) is 1.73. The number of hydrogen-bond acceptors (Lipinski definition) is 4. The van der Waals surface area contributed by atoms with E-state index in [-0.39, 0.29) is 22.1 Å². The van der Waals surface area contributed by atoms with E-state index >= 15 is 0 Å². The number of anilines is 1. The van der Waals surface area contributed by atoms with Crippen LogP contribution in [0.3, 0.4) is 0 Å². The molecule has 1 rings (SSSR count). The number of rotatable bonds is 4. The van der Waals surface area contributed by atoms with E-state index in [1.54, 1.807) is 11.7 Å². The Morgan fingerprint density at radius 2 is 2.06 bits per heavy atom. The van der Waals surface area contributed by atoms with Gasteiger partial charge in [0.2, 0.25) is 5.82 Å². The van der Waals surface area contributed by atoms with Gasteiger partial charge < -0.3 is 5.32 Å². The largest absolute Gasteiger partial charge is 0.362 e. The highest BCUT2D eigenvalue weighted by Gasteiger charge is 2.29. The van der Waals surface area contributed by atoms with Crippen LogP contribution in [0, 0.1) is 15.5 Å². The predicted molar refractivity (Wildman–Crippen MR) is 71.8 cm³/mol. The molecule has 1 N–H and O–H groups in total. The summed E-state index contributed by atoms with van der Waals surface area (Å²) in [6, 6.07) is 0.108. The van der Waals surface area contributed by atoms with Crippen LogP contribution < -0.4 is 5.32 Å². The van der Waals surface area contributed by atoms with Gasteiger partial charge in [-0.3, -0.25) is 10.1 Å². The number of aromatic nitrogens is 2. The van der Waals surface area contributed by atoms with E-state index in [9.17, 15) is 10.1 Å². The molecule has 6 heteroatoms. The lowest BCUT2D eigenvalue weighted by Crippen LogP contribution is -2.31. The Bertz CT molecular complexity index is 446. The molecular formula is C12H22N4O2. The van der Waals surface area contributed by atoms with Gasteiger partial charge in [-0.2, -0.15) is 5.10 Å². The first-order valence-electron chi connectivity index (χ1n) is 6.15. The van der Waals surface area contributed by atoms with Crippen LogP contribution in [0.25, 0.3) is 0 Å². The first-order valence-corrected chi connectivity index (χ1v) is 6.15. The molecule has 0 radical (unpaired) electrons. The van der Waals surface area contributed by atoms with Crippen molar-refractivity contribution in [2.45, 2.75) is 47.1 Å². The molecule has 6 nitrogen and oxygen atoms in total. The van der Waals surface area contributed by atoms with Crippen LogP contribution in [-0.4, -0.2) is 20.7 Å². The fourth-order valence-corrected chi connectivity index (χ4v) is 1.58. The molecule has 1 atom stereocenters. The molecule has 0 aliphatic carbocycles. The van der Waals surface area contributed by atoms with Crippen molar-refractivity contribution in [2.24, 2.45) is 12.5 Å². The predicted octanol–water partition coefficient (Wildman–Crippen LogP) is 2.74. The molecule has 18 heavy (non-hydrogen) atoms. The minimum atomic E-state index is -0.358. The van der Waals surface area contributed by atoms with Crippen molar-refractivity contribution in [3.05, 3.63) is 15.8 Å². The maximum Gasteiger partial charge on any atom is 0.333 e. The zero-order valence-corrected chi connectivity index (χ0v) is 11.9. The third-order valence-electron chi connectivity index (χ3n) is 3.26. The number of aryl methyl sites for hydroxylation is 2. The van der Waals surface area contributed by atoms with Crippen molar-refractivity contribution in [3.8, 4) is 0 Å². The molecule has 1 aromatic rings. The highest BCUT2D eigenvalue weighted by Crippen LogP contribution is 2.31. The summed E-state index contributed by atoms with van der Waals surface area (Å²) < 4.78 is 1.55. The summed E-state index contributed by atoms with van der Waals surface area (Å²) in [6.45, 7) is 10.2. The van der Waals surface area contributed by atoms with E-state index in [1.165, 1.54) is 0 Å². The van der Waals surface area contributed by atoms with E-state index < -0.39 is 0 Å². The Morgan fingerprint density at radius 1 is 1.50 bits per heavy atom. The zero-order chi connectivity index (χ0) is 14.1. The third kappa shape index (κ3) is 2.80. The normalized spacial score (nSPS) is 13.4. The summed E-state index contributed by atoms with van der Waals surface area (Å²) >= 11 is 0. The fourth-order valence-electron chi connectivity index (χ4n) is 1.58. The van der Waals surface area contributed by atoms with Gasteiger partial charge in [-0.25, -0.2) is 4.68 Å². The lowest BCUT2D eigenvalue weighted by atomic mass is 9.88. The van der Waals surface area contributed by atoms with Gasteiger partial charge in [-0.05, 0) is 18.8 Å². The van der Waals surface area contributed by atoms with Gasteiger partial charge in [0.15, 0.2) is 0 Å². The Balaban J connectivity index is 3.16.